The molecule has 2 unspecified atom stereocenters. The van der Waals surface area contributed by atoms with Gasteiger partial charge in [-0.3, -0.25) is 9.88 Å². The first-order valence-corrected chi connectivity index (χ1v) is 13.1. The predicted molar refractivity (Wildman–Crippen MR) is 140 cm³/mol. The van der Waals surface area contributed by atoms with E-state index in [0.29, 0.717) is 35.6 Å². The number of pyridine rings is 1. The summed E-state index contributed by atoms with van der Waals surface area (Å²) >= 11 is 0. The third-order valence-electron chi connectivity index (χ3n) is 7.84. The van der Waals surface area contributed by atoms with Gasteiger partial charge in [0.1, 0.15) is 29.5 Å². The Bertz CT molecular complexity index is 1480. The lowest BCUT2D eigenvalue weighted by Gasteiger charge is -2.34. The van der Waals surface area contributed by atoms with E-state index in [1.807, 2.05) is 24.3 Å². The molecule has 0 spiro atoms. The molecular formula is C28H29FN6O2. The van der Waals surface area contributed by atoms with Crippen LogP contribution in [0.3, 0.4) is 0 Å². The molecule has 2 bridgehead atoms. The summed E-state index contributed by atoms with van der Waals surface area (Å²) in [4.78, 5) is 18.3. The van der Waals surface area contributed by atoms with Crippen molar-refractivity contribution in [3.05, 3.63) is 48.4 Å². The fraction of sp³-hybridized carbons (Fsp3) is 0.393. The minimum absolute atomic E-state index is 0.0595. The Morgan fingerprint density at radius 1 is 1.03 bits per heavy atom. The predicted octanol–water partition coefficient (Wildman–Crippen LogP) is 4.06. The number of aromatic nitrogens is 3. The Labute approximate surface area is 214 Å². The normalized spacial score (nSPS) is 21.8. The highest BCUT2D eigenvalue weighted by atomic mass is 19.1. The molecule has 3 aliphatic rings. The van der Waals surface area contributed by atoms with E-state index in [-0.39, 0.29) is 23.0 Å². The number of piperazine rings is 1. The molecule has 190 valence electrons. The topological polar surface area (TPSA) is 86.6 Å². The van der Waals surface area contributed by atoms with Crippen molar-refractivity contribution in [1.29, 1.82) is 0 Å². The first-order valence-electron chi connectivity index (χ1n) is 13.1. The van der Waals surface area contributed by atoms with Gasteiger partial charge in [-0.15, -0.1) is 0 Å². The summed E-state index contributed by atoms with van der Waals surface area (Å²) in [6, 6.07) is 11.8. The lowest BCUT2D eigenvalue weighted by molar-refractivity contribution is 0.142. The zero-order chi connectivity index (χ0) is 24.9. The molecule has 3 aliphatic heterocycles. The van der Waals surface area contributed by atoms with Gasteiger partial charge in [0.25, 0.3) is 0 Å². The van der Waals surface area contributed by atoms with Crippen molar-refractivity contribution < 1.29 is 14.2 Å². The summed E-state index contributed by atoms with van der Waals surface area (Å²) in [6.45, 7) is 3.95. The maximum atomic E-state index is 16.3. The average Bonchev–Trinajstić information content (AvgIpc) is 3.56. The Balaban J connectivity index is 1.36. The average molecular weight is 501 g/mol. The Morgan fingerprint density at radius 3 is 2.62 bits per heavy atom. The molecule has 7 rings (SSSR count). The third-order valence-corrected chi connectivity index (χ3v) is 7.84. The number of likely N-dealkylation sites (tertiary alicyclic amines) is 1. The molecule has 5 heterocycles. The number of nitrogens with zero attached hydrogens (tertiary/aromatic N) is 5. The molecular weight excluding hydrogens is 471 g/mol. The molecule has 2 N–H and O–H groups in total. The van der Waals surface area contributed by atoms with Crippen molar-refractivity contribution in [2.24, 2.45) is 0 Å². The first kappa shape index (κ1) is 22.6. The number of phenolic OH excluding ortho intramolecular Hbond substituents is 1. The van der Waals surface area contributed by atoms with Crippen LogP contribution in [0.15, 0.2) is 42.6 Å². The van der Waals surface area contributed by atoms with Crippen molar-refractivity contribution in [3.63, 3.8) is 0 Å². The molecule has 3 saturated heterocycles. The monoisotopic (exact) mass is 500 g/mol. The SMILES string of the molecule is Oc1cc(-c2ncc3c(N4CC5CCC(C4)N5)nc(OCN4CCCC4)nc3c2F)c2ccccc2c1. The van der Waals surface area contributed by atoms with Crippen molar-refractivity contribution >= 4 is 27.5 Å². The number of phenols is 1. The van der Waals surface area contributed by atoms with E-state index >= 15 is 4.39 Å². The van der Waals surface area contributed by atoms with Gasteiger partial charge in [0, 0.05) is 50.0 Å². The molecule has 37 heavy (non-hydrogen) atoms. The van der Waals surface area contributed by atoms with Crippen molar-refractivity contribution in [3.8, 4) is 23.0 Å². The second-order valence-corrected chi connectivity index (χ2v) is 10.4. The van der Waals surface area contributed by atoms with Gasteiger partial charge in [0.05, 0.1) is 5.39 Å². The van der Waals surface area contributed by atoms with E-state index < -0.39 is 5.82 Å². The highest BCUT2D eigenvalue weighted by Crippen LogP contribution is 2.37. The highest BCUT2D eigenvalue weighted by molar-refractivity contribution is 5.99. The third kappa shape index (κ3) is 4.12. The van der Waals surface area contributed by atoms with Crippen LogP contribution in [0.1, 0.15) is 25.7 Å². The molecule has 3 fully saturated rings. The minimum atomic E-state index is -0.541. The Kier molecular flexibility index (Phi) is 5.55. The zero-order valence-corrected chi connectivity index (χ0v) is 20.5. The lowest BCUT2D eigenvalue weighted by atomic mass is 10.0. The molecule has 0 aliphatic carbocycles. The second kappa shape index (κ2) is 9.08. The number of halogens is 1. The van der Waals surface area contributed by atoms with Gasteiger partial charge in [-0.2, -0.15) is 9.97 Å². The van der Waals surface area contributed by atoms with Crippen LogP contribution in [-0.2, 0) is 0 Å². The number of aromatic hydroxyl groups is 1. The molecule has 4 aromatic rings. The van der Waals surface area contributed by atoms with Crippen molar-refractivity contribution in [2.45, 2.75) is 37.8 Å². The Hall–Kier alpha value is -3.56. The zero-order valence-electron chi connectivity index (χ0n) is 20.5. The van der Waals surface area contributed by atoms with Crippen LogP contribution in [-0.4, -0.2) is 70.0 Å². The molecule has 2 aromatic carbocycles. The smallest absolute Gasteiger partial charge is 0.320 e. The molecule has 0 saturated carbocycles. The number of anilines is 1. The second-order valence-electron chi connectivity index (χ2n) is 10.4. The van der Waals surface area contributed by atoms with E-state index in [1.165, 1.54) is 0 Å². The Morgan fingerprint density at radius 2 is 1.81 bits per heavy atom. The molecule has 0 radical (unpaired) electrons. The van der Waals surface area contributed by atoms with E-state index in [0.717, 1.165) is 62.6 Å². The number of rotatable bonds is 5. The van der Waals surface area contributed by atoms with Crippen LogP contribution in [0, 0.1) is 5.82 Å². The van der Waals surface area contributed by atoms with Crippen LogP contribution in [0.5, 0.6) is 11.8 Å². The van der Waals surface area contributed by atoms with Gasteiger partial charge in [0.15, 0.2) is 5.82 Å². The molecule has 2 aromatic heterocycles. The van der Waals surface area contributed by atoms with Crippen LogP contribution in [0.25, 0.3) is 32.9 Å². The van der Waals surface area contributed by atoms with E-state index in [1.54, 1.807) is 18.3 Å². The highest BCUT2D eigenvalue weighted by Gasteiger charge is 2.34. The molecule has 9 heteroatoms. The molecule has 2 atom stereocenters. The number of hydrogen-bond donors (Lipinski definition) is 2. The minimum Gasteiger partial charge on any atom is -0.508 e. The number of benzene rings is 2. The number of fused-ring (bicyclic) bond motifs is 4. The fourth-order valence-electron chi connectivity index (χ4n) is 6.04. The standard InChI is InChI=1S/C28H29FN6O2/c29-24-25(22-12-20(36)11-17-5-1-2-6-21(17)22)30-13-23-26(24)32-28(37-16-34-9-3-4-10-34)33-27(23)35-14-18-7-8-19(15-35)31-18/h1-2,5-6,11-13,18-19,31,36H,3-4,7-10,14-16H2. The van der Waals surface area contributed by atoms with Crippen LogP contribution in [0.2, 0.25) is 0 Å². The van der Waals surface area contributed by atoms with Crippen molar-refractivity contribution in [2.75, 3.05) is 37.8 Å². The van der Waals surface area contributed by atoms with Crippen molar-refractivity contribution in [1.82, 2.24) is 25.2 Å². The summed E-state index contributed by atoms with van der Waals surface area (Å²) in [5, 5.41) is 16.2. The maximum absolute atomic E-state index is 16.3. The quantitative estimate of drug-likeness (QED) is 0.424. The summed E-state index contributed by atoms with van der Waals surface area (Å²) in [6.07, 6.45) is 6.22. The maximum Gasteiger partial charge on any atom is 0.320 e. The van der Waals surface area contributed by atoms with E-state index in [9.17, 15) is 5.11 Å². The largest absolute Gasteiger partial charge is 0.508 e. The van der Waals surface area contributed by atoms with E-state index in [2.05, 4.69) is 25.1 Å². The number of nitrogens with one attached hydrogen (secondary N) is 1. The van der Waals surface area contributed by atoms with Crippen LogP contribution in [0.4, 0.5) is 10.2 Å². The lowest BCUT2D eigenvalue weighted by Crippen LogP contribution is -2.51. The first-order chi connectivity index (χ1) is 18.1. The fourth-order valence-corrected chi connectivity index (χ4v) is 6.04. The number of hydrogen-bond acceptors (Lipinski definition) is 8. The van der Waals surface area contributed by atoms with Gasteiger partial charge in [-0.05, 0) is 48.6 Å². The van der Waals surface area contributed by atoms with E-state index in [4.69, 9.17) is 9.72 Å². The summed E-state index contributed by atoms with van der Waals surface area (Å²) in [5.41, 5.74) is 0.856. The molecule has 8 nitrogen and oxygen atoms in total. The van der Waals surface area contributed by atoms with Gasteiger partial charge in [0.2, 0.25) is 0 Å². The molecule has 0 amide bonds. The summed E-state index contributed by atoms with van der Waals surface area (Å²) in [5.74, 6) is 0.184. The van der Waals surface area contributed by atoms with Gasteiger partial charge < -0.3 is 20.1 Å². The van der Waals surface area contributed by atoms with Gasteiger partial charge in [-0.1, -0.05) is 24.3 Å². The number of ether oxygens (including phenoxy) is 1. The summed E-state index contributed by atoms with van der Waals surface area (Å²) < 4.78 is 22.3. The van der Waals surface area contributed by atoms with Gasteiger partial charge in [-0.25, -0.2) is 4.39 Å². The van der Waals surface area contributed by atoms with Crippen LogP contribution < -0.4 is 15.0 Å². The van der Waals surface area contributed by atoms with Gasteiger partial charge >= 0.3 is 6.01 Å². The summed E-state index contributed by atoms with van der Waals surface area (Å²) in [7, 11) is 0. The van der Waals surface area contributed by atoms with Crippen LogP contribution >= 0.6 is 0 Å².